The van der Waals surface area contributed by atoms with Crippen molar-refractivity contribution in [2.24, 2.45) is 0 Å². The van der Waals surface area contributed by atoms with E-state index >= 15 is 0 Å². The number of hydrogen-bond acceptors (Lipinski definition) is 2. The zero-order valence-electron chi connectivity index (χ0n) is 2.68. The second kappa shape index (κ2) is 177. The molecule has 1 radical (unpaired) electrons. The molecule has 0 bridgehead atoms. The summed E-state index contributed by atoms with van der Waals surface area (Å²) in [6.45, 7) is 0. The predicted molar refractivity (Wildman–Crippen MR) is 11.1 cm³/mol. The molecular weight excluding hydrogens is 171 g/mol. The Morgan fingerprint density at radius 2 is 0.667 bits per heavy atom. The average molecular weight is 177 g/mol. The van der Waals surface area contributed by atoms with Gasteiger partial charge in [0.05, 0.1) is 0 Å². The van der Waals surface area contributed by atoms with Gasteiger partial charge in [-0.1, -0.05) is 0 Å². The van der Waals surface area contributed by atoms with Gasteiger partial charge in [0, 0.05) is 17.4 Å². The summed E-state index contributed by atoms with van der Waals surface area (Å²) in [7, 11) is 0. The van der Waals surface area contributed by atoms with E-state index in [2.05, 4.69) is 0 Å². The standard InChI is InChI=1S/Cr.Mn.4H2O/h;;4*1H2/q;+2;;;;/p-2. The van der Waals surface area contributed by atoms with Crippen molar-refractivity contribution in [3.8, 4) is 0 Å². The molecule has 6 N–H and O–H groups in total. The fraction of sp³-hybridized carbons (Fsp3) is 0. The Labute approximate surface area is 56.8 Å². The third-order valence-electron chi connectivity index (χ3n) is 0. The van der Waals surface area contributed by atoms with Crippen molar-refractivity contribution in [3.05, 3.63) is 0 Å². The minimum Gasteiger partial charge on any atom is -0.870 e. The summed E-state index contributed by atoms with van der Waals surface area (Å²) in [4.78, 5) is 0. The topological polar surface area (TPSA) is 123 Å². The van der Waals surface area contributed by atoms with Crippen molar-refractivity contribution < 1.29 is 56.3 Å². The van der Waals surface area contributed by atoms with Crippen LogP contribution in [0.25, 0.3) is 0 Å². The molecule has 0 amide bonds. The SMILES string of the molecule is O.O.[Cr].[Mn+2].[OH-].[OH-]. The molecule has 0 fully saturated rings. The maximum atomic E-state index is 0. The van der Waals surface area contributed by atoms with Gasteiger partial charge in [-0.3, -0.25) is 0 Å². The first kappa shape index (κ1) is 301. The number of rotatable bonds is 0. The Morgan fingerprint density at radius 1 is 0.667 bits per heavy atom. The fourth-order valence-electron chi connectivity index (χ4n) is 0. The molecule has 4 nitrogen and oxygen atoms in total. The molecule has 0 saturated heterocycles. The quantitative estimate of drug-likeness (QED) is 0.396. The van der Waals surface area contributed by atoms with Gasteiger partial charge in [0.25, 0.3) is 0 Å². The molecule has 0 rings (SSSR count). The molecule has 0 aromatic rings. The molecule has 0 aliphatic heterocycles. The largest absolute Gasteiger partial charge is 2.00 e. The first-order valence-electron chi connectivity index (χ1n) is 0. The van der Waals surface area contributed by atoms with Crippen LogP contribution in [0.4, 0.5) is 0 Å². The van der Waals surface area contributed by atoms with Crippen molar-refractivity contribution in [1.82, 2.24) is 0 Å². The van der Waals surface area contributed by atoms with Gasteiger partial charge in [-0.2, -0.15) is 0 Å². The van der Waals surface area contributed by atoms with Crippen LogP contribution in [0.15, 0.2) is 0 Å². The van der Waals surface area contributed by atoms with Crippen molar-refractivity contribution in [3.63, 3.8) is 0 Å². The fourth-order valence-corrected chi connectivity index (χ4v) is 0. The van der Waals surface area contributed by atoms with Crippen LogP contribution in [-0.2, 0) is 34.4 Å². The van der Waals surface area contributed by atoms with E-state index in [1.54, 1.807) is 0 Å². The van der Waals surface area contributed by atoms with E-state index in [4.69, 9.17) is 0 Å². The molecule has 0 saturated carbocycles. The molecule has 0 atom stereocenters. The summed E-state index contributed by atoms with van der Waals surface area (Å²) in [5.41, 5.74) is 0. The van der Waals surface area contributed by atoms with Crippen LogP contribution in [0.1, 0.15) is 0 Å². The second-order valence-corrected chi connectivity index (χ2v) is 0. The van der Waals surface area contributed by atoms with Crippen LogP contribution in [-0.4, -0.2) is 21.9 Å². The maximum absolute atomic E-state index is 0. The van der Waals surface area contributed by atoms with E-state index in [1.165, 1.54) is 0 Å². The maximum Gasteiger partial charge on any atom is 2.00 e. The van der Waals surface area contributed by atoms with Gasteiger partial charge in [-0.15, -0.1) is 0 Å². The van der Waals surface area contributed by atoms with Crippen LogP contribution in [0.2, 0.25) is 0 Å². The smallest absolute Gasteiger partial charge is 0.870 e. The van der Waals surface area contributed by atoms with Crippen molar-refractivity contribution in [2.45, 2.75) is 0 Å². The van der Waals surface area contributed by atoms with E-state index in [0.29, 0.717) is 0 Å². The summed E-state index contributed by atoms with van der Waals surface area (Å²) in [5.74, 6) is 0. The Balaban J connectivity index is 0. The summed E-state index contributed by atoms with van der Waals surface area (Å²) in [6.07, 6.45) is 0. The summed E-state index contributed by atoms with van der Waals surface area (Å²) in [6, 6.07) is 0. The Morgan fingerprint density at radius 3 is 0.667 bits per heavy atom. The Kier molecular flexibility index (Phi) is 8880. The average Bonchev–Trinajstić information content (AvgIpc) is 0. The van der Waals surface area contributed by atoms with Crippen molar-refractivity contribution in [1.29, 1.82) is 0 Å². The first-order valence-corrected chi connectivity index (χ1v) is 0. The minimum absolute atomic E-state index is 0. The Bertz CT molecular complexity index is 7.51. The molecular formula is H6CrMnO4. The molecule has 0 aliphatic carbocycles. The van der Waals surface area contributed by atoms with Gasteiger partial charge in [-0.05, 0) is 0 Å². The molecule has 0 aromatic heterocycles. The van der Waals surface area contributed by atoms with E-state index in [1.807, 2.05) is 0 Å². The monoisotopic (exact) mass is 177 g/mol. The van der Waals surface area contributed by atoms with E-state index < -0.39 is 0 Å². The zero-order valence-corrected chi connectivity index (χ0v) is 5.14. The van der Waals surface area contributed by atoms with Crippen molar-refractivity contribution >= 4 is 0 Å². The van der Waals surface area contributed by atoms with E-state index in [-0.39, 0.29) is 56.3 Å². The van der Waals surface area contributed by atoms with Gasteiger partial charge in [0.2, 0.25) is 0 Å². The van der Waals surface area contributed by atoms with Gasteiger partial charge in [-0.25, -0.2) is 0 Å². The summed E-state index contributed by atoms with van der Waals surface area (Å²) >= 11 is 0. The van der Waals surface area contributed by atoms with Gasteiger partial charge >= 0.3 is 17.1 Å². The predicted octanol–water partition coefficient (Wildman–Crippen LogP) is -2.01. The molecule has 0 aliphatic rings. The third kappa shape index (κ3) is 93.1. The van der Waals surface area contributed by atoms with Crippen molar-refractivity contribution in [2.75, 3.05) is 0 Å². The molecule has 0 aromatic carbocycles. The molecule has 6 heavy (non-hydrogen) atoms. The van der Waals surface area contributed by atoms with Crippen LogP contribution < -0.4 is 0 Å². The minimum atomic E-state index is 0. The van der Waals surface area contributed by atoms with E-state index in [0.717, 1.165) is 0 Å². The number of hydrogen-bond donors (Lipinski definition) is 0. The van der Waals surface area contributed by atoms with Gasteiger partial charge in [0.1, 0.15) is 0 Å². The summed E-state index contributed by atoms with van der Waals surface area (Å²) < 4.78 is 0. The normalized spacial score (nSPS) is 0. The third-order valence-corrected chi connectivity index (χ3v) is 0. The second-order valence-electron chi connectivity index (χ2n) is 0. The van der Waals surface area contributed by atoms with Gasteiger partial charge < -0.3 is 21.9 Å². The zero-order chi connectivity index (χ0) is 0. The van der Waals surface area contributed by atoms with Crippen LogP contribution >= 0.6 is 0 Å². The van der Waals surface area contributed by atoms with Gasteiger partial charge in [0.15, 0.2) is 0 Å². The molecule has 6 heteroatoms. The van der Waals surface area contributed by atoms with Crippen LogP contribution in [0, 0.1) is 0 Å². The van der Waals surface area contributed by atoms with Crippen LogP contribution in [0.3, 0.4) is 0 Å². The first-order chi connectivity index (χ1) is 0. The molecule has 0 spiro atoms. The van der Waals surface area contributed by atoms with Crippen LogP contribution in [0.5, 0.6) is 0 Å². The van der Waals surface area contributed by atoms with E-state index in [9.17, 15) is 0 Å². The Hall–Kier alpha value is 0.892. The summed E-state index contributed by atoms with van der Waals surface area (Å²) in [5, 5.41) is 0. The molecule has 0 heterocycles. The molecule has 43 valence electrons. The molecule has 0 unspecified atom stereocenters.